The lowest BCUT2D eigenvalue weighted by molar-refractivity contribution is 1.11. The zero-order chi connectivity index (χ0) is 8.55. The van der Waals surface area contributed by atoms with E-state index in [9.17, 15) is 4.79 Å². The second-order valence-electron chi connectivity index (χ2n) is 2.27. The van der Waals surface area contributed by atoms with Crippen molar-refractivity contribution < 1.29 is 0 Å². The molecule has 0 aliphatic rings. The van der Waals surface area contributed by atoms with Crippen LogP contribution in [-0.4, -0.2) is 15.0 Å². The molecular formula is C7H4IN3O. The van der Waals surface area contributed by atoms with Crippen molar-refractivity contribution in [2.45, 2.75) is 0 Å². The number of H-pyrrole nitrogens is 1. The molecule has 2 heterocycles. The van der Waals surface area contributed by atoms with Gasteiger partial charge in [-0.1, -0.05) is 0 Å². The maximum atomic E-state index is 10.8. The first-order chi connectivity index (χ1) is 5.77. The topological polar surface area (TPSA) is 58.6 Å². The number of hydrogen-bond donors (Lipinski definition) is 1. The van der Waals surface area contributed by atoms with Gasteiger partial charge in [-0.25, -0.2) is 9.78 Å². The minimum absolute atomic E-state index is 0.327. The number of aromatic nitrogens is 3. The van der Waals surface area contributed by atoms with Crippen LogP contribution in [0.25, 0.3) is 10.9 Å². The molecule has 1 N–H and O–H groups in total. The van der Waals surface area contributed by atoms with Gasteiger partial charge in [0.15, 0.2) is 0 Å². The molecule has 0 saturated heterocycles. The van der Waals surface area contributed by atoms with Crippen LogP contribution in [0.2, 0.25) is 0 Å². The summed E-state index contributed by atoms with van der Waals surface area (Å²) in [6.07, 6.45) is 4.88. The van der Waals surface area contributed by atoms with Gasteiger partial charge in [-0.15, -0.1) is 0 Å². The van der Waals surface area contributed by atoms with E-state index in [-0.39, 0.29) is 5.69 Å². The SMILES string of the molecule is O=c1ncc2cncc(I)c2[nH]1. The predicted molar refractivity (Wildman–Crippen MR) is 52.9 cm³/mol. The molecule has 0 saturated carbocycles. The van der Waals surface area contributed by atoms with E-state index in [4.69, 9.17) is 0 Å². The fourth-order valence-electron chi connectivity index (χ4n) is 0.947. The Labute approximate surface area is 81.2 Å². The van der Waals surface area contributed by atoms with Gasteiger partial charge in [0.1, 0.15) is 0 Å². The van der Waals surface area contributed by atoms with E-state index in [2.05, 4.69) is 37.5 Å². The van der Waals surface area contributed by atoms with E-state index in [1.807, 2.05) is 0 Å². The third-order valence-electron chi connectivity index (χ3n) is 1.48. The maximum Gasteiger partial charge on any atom is 0.345 e. The first-order valence-corrected chi connectivity index (χ1v) is 4.34. The Bertz CT molecular complexity index is 479. The van der Waals surface area contributed by atoms with Crippen molar-refractivity contribution in [2.75, 3.05) is 0 Å². The Morgan fingerprint density at radius 2 is 2.17 bits per heavy atom. The molecule has 0 fully saturated rings. The molecule has 0 aliphatic heterocycles. The van der Waals surface area contributed by atoms with E-state index >= 15 is 0 Å². The molecule has 0 atom stereocenters. The molecule has 0 aliphatic carbocycles. The van der Waals surface area contributed by atoms with Gasteiger partial charge in [-0.2, -0.15) is 0 Å². The number of aromatic amines is 1. The van der Waals surface area contributed by atoms with Gasteiger partial charge in [-0.3, -0.25) is 4.98 Å². The molecule has 0 amide bonds. The van der Waals surface area contributed by atoms with Crippen molar-refractivity contribution in [1.29, 1.82) is 0 Å². The van der Waals surface area contributed by atoms with Gasteiger partial charge in [0.05, 0.1) is 9.09 Å². The second kappa shape index (κ2) is 2.81. The van der Waals surface area contributed by atoms with Crippen molar-refractivity contribution in [3.63, 3.8) is 0 Å². The van der Waals surface area contributed by atoms with E-state index in [1.54, 1.807) is 12.4 Å². The van der Waals surface area contributed by atoms with Crippen molar-refractivity contribution in [2.24, 2.45) is 0 Å². The van der Waals surface area contributed by atoms with Crippen LogP contribution >= 0.6 is 22.6 Å². The summed E-state index contributed by atoms with van der Waals surface area (Å²) < 4.78 is 0.921. The van der Waals surface area contributed by atoms with Crippen LogP contribution in [0.1, 0.15) is 0 Å². The molecular weight excluding hydrogens is 269 g/mol. The molecule has 2 aromatic rings. The van der Waals surface area contributed by atoms with Crippen molar-refractivity contribution >= 4 is 33.5 Å². The Morgan fingerprint density at radius 3 is 3.00 bits per heavy atom. The van der Waals surface area contributed by atoms with Crippen LogP contribution in [0.5, 0.6) is 0 Å². The number of hydrogen-bond acceptors (Lipinski definition) is 3. The highest BCUT2D eigenvalue weighted by Crippen LogP contribution is 2.13. The van der Waals surface area contributed by atoms with Crippen LogP contribution in [0.3, 0.4) is 0 Å². The summed E-state index contributed by atoms with van der Waals surface area (Å²) in [5.41, 5.74) is 0.470. The Kier molecular flexibility index (Phi) is 1.80. The molecule has 0 spiro atoms. The highest BCUT2D eigenvalue weighted by Gasteiger charge is 1.98. The zero-order valence-corrected chi connectivity index (χ0v) is 8.07. The minimum Gasteiger partial charge on any atom is -0.304 e. The Balaban J connectivity index is 2.97. The van der Waals surface area contributed by atoms with Crippen molar-refractivity contribution in [3.8, 4) is 0 Å². The van der Waals surface area contributed by atoms with E-state index in [1.165, 1.54) is 6.20 Å². The van der Waals surface area contributed by atoms with E-state index in [0.29, 0.717) is 0 Å². The largest absolute Gasteiger partial charge is 0.345 e. The fourth-order valence-corrected chi connectivity index (χ4v) is 1.55. The second-order valence-corrected chi connectivity index (χ2v) is 3.44. The van der Waals surface area contributed by atoms with Gasteiger partial charge in [0, 0.05) is 24.0 Å². The molecule has 5 heteroatoms. The fraction of sp³-hybridized carbons (Fsp3) is 0. The molecule has 0 bridgehead atoms. The maximum absolute atomic E-state index is 10.8. The van der Waals surface area contributed by atoms with Gasteiger partial charge >= 0.3 is 5.69 Å². The van der Waals surface area contributed by atoms with E-state index < -0.39 is 0 Å². The van der Waals surface area contributed by atoms with Gasteiger partial charge in [0.2, 0.25) is 0 Å². The number of nitrogens with zero attached hydrogens (tertiary/aromatic N) is 2. The minimum atomic E-state index is -0.327. The molecule has 0 unspecified atom stereocenters. The molecule has 4 nitrogen and oxygen atoms in total. The van der Waals surface area contributed by atoms with Gasteiger partial charge in [0.25, 0.3) is 0 Å². The van der Waals surface area contributed by atoms with Gasteiger partial charge in [-0.05, 0) is 22.6 Å². The summed E-state index contributed by atoms with van der Waals surface area (Å²) in [5.74, 6) is 0. The molecule has 2 aromatic heterocycles. The molecule has 2 rings (SSSR count). The standard InChI is InChI=1S/C7H4IN3O/c8-5-3-9-1-4-2-10-7(12)11-6(4)5/h1-3H,(H,10,11,12). The van der Waals surface area contributed by atoms with Crippen LogP contribution in [-0.2, 0) is 0 Å². The van der Waals surface area contributed by atoms with E-state index in [0.717, 1.165) is 14.5 Å². The third-order valence-corrected chi connectivity index (χ3v) is 2.30. The van der Waals surface area contributed by atoms with Crippen molar-refractivity contribution in [3.05, 3.63) is 32.6 Å². The summed E-state index contributed by atoms with van der Waals surface area (Å²) >= 11 is 2.11. The normalized spacial score (nSPS) is 10.4. The van der Waals surface area contributed by atoms with Gasteiger partial charge < -0.3 is 4.98 Å². The van der Waals surface area contributed by atoms with Crippen LogP contribution < -0.4 is 5.69 Å². The Hall–Kier alpha value is -0.980. The Morgan fingerprint density at radius 1 is 1.33 bits per heavy atom. The van der Waals surface area contributed by atoms with Crippen LogP contribution in [0, 0.1) is 3.57 Å². The smallest absolute Gasteiger partial charge is 0.304 e. The summed E-state index contributed by atoms with van der Waals surface area (Å²) in [6, 6.07) is 0. The van der Waals surface area contributed by atoms with Crippen LogP contribution in [0.4, 0.5) is 0 Å². The first-order valence-electron chi connectivity index (χ1n) is 3.26. The molecule has 12 heavy (non-hydrogen) atoms. The number of pyridine rings is 1. The van der Waals surface area contributed by atoms with Crippen LogP contribution in [0.15, 0.2) is 23.4 Å². The summed E-state index contributed by atoms with van der Waals surface area (Å²) in [5, 5.41) is 0.849. The number of fused-ring (bicyclic) bond motifs is 1. The number of halogens is 1. The quantitative estimate of drug-likeness (QED) is 0.726. The summed E-state index contributed by atoms with van der Waals surface area (Å²) in [7, 11) is 0. The monoisotopic (exact) mass is 273 g/mol. The lowest BCUT2D eigenvalue weighted by atomic mass is 10.3. The molecule has 60 valence electrons. The number of rotatable bonds is 0. The lowest BCUT2D eigenvalue weighted by Crippen LogP contribution is -2.09. The highest BCUT2D eigenvalue weighted by molar-refractivity contribution is 14.1. The highest BCUT2D eigenvalue weighted by atomic mass is 127. The lowest BCUT2D eigenvalue weighted by Gasteiger charge is -1.96. The summed E-state index contributed by atoms with van der Waals surface area (Å²) in [4.78, 5) is 21.1. The summed E-state index contributed by atoms with van der Waals surface area (Å²) in [6.45, 7) is 0. The zero-order valence-electron chi connectivity index (χ0n) is 5.91. The first kappa shape index (κ1) is 7.66. The average Bonchev–Trinajstić information content (AvgIpc) is 2.07. The number of nitrogens with one attached hydrogen (secondary N) is 1. The average molecular weight is 273 g/mol. The van der Waals surface area contributed by atoms with Crippen molar-refractivity contribution in [1.82, 2.24) is 15.0 Å². The molecule has 0 radical (unpaired) electrons. The third kappa shape index (κ3) is 1.20. The molecule has 0 aromatic carbocycles. The predicted octanol–water partition coefficient (Wildman–Crippen LogP) is 0.923.